The lowest BCUT2D eigenvalue weighted by molar-refractivity contribution is -0.111. The van der Waals surface area contributed by atoms with Gasteiger partial charge >= 0.3 is 0 Å². The third-order valence-corrected chi connectivity index (χ3v) is 6.10. The summed E-state index contributed by atoms with van der Waals surface area (Å²) in [5.74, 6) is 0.361. The second-order valence-corrected chi connectivity index (χ2v) is 9.26. The number of aromatic nitrogens is 5. The standard InChI is InChI=1S/C29H29N7O2/c1-35(2)9-5-6-27(37)34-24-11-20(10-21(12-24)23-16-33-36(3)18-23)22-13-25-26(17-32-29(25)31-15-22)19-7-8-30-28(14-19)38-4/h5-8,10-18H,9H2,1-4H3,(H,31,32)(H,34,37)/b6-5+. The summed E-state index contributed by atoms with van der Waals surface area (Å²) in [5.41, 5.74) is 7.18. The number of nitrogens with one attached hydrogen (secondary N) is 2. The molecule has 0 fully saturated rings. The minimum absolute atomic E-state index is 0.186. The van der Waals surface area contributed by atoms with Crippen molar-refractivity contribution in [2.75, 3.05) is 33.1 Å². The fourth-order valence-corrected chi connectivity index (χ4v) is 4.25. The molecule has 192 valence electrons. The van der Waals surface area contributed by atoms with E-state index in [1.165, 1.54) is 0 Å². The van der Waals surface area contributed by atoms with Crippen molar-refractivity contribution in [3.63, 3.8) is 0 Å². The number of pyridine rings is 2. The molecular formula is C29H29N7O2. The maximum Gasteiger partial charge on any atom is 0.248 e. The number of ether oxygens (including phenoxy) is 1. The van der Waals surface area contributed by atoms with Crippen LogP contribution in [-0.4, -0.2) is 63.3 Å². The molecule has 0 aliphatic rings. The van der Waals surface area contributed by atoms with Gasteiger partial charge < -0.3 is 19.9 Å². The number of carbonyl (C=O) groups excluding carboxylic acids is 1. The largest absolute Gasteiger partial charge is 0.481 e. The van der Waals surface area contributed by atoms with Crippen molar-refractivity contribution in [1.29, 1.82) is 0 Å². The Morgan fingerprint density at radius 1 is 1.05 bits per heavy atom. The zero-order valence-electron chi connectivity index (χ0n) is 21.8. The first-order valence-corrected chi connectivity index (χ1v) is 12.1. The second kappa shape index (κ2) is 10.7. The summed E-state index contributed by atoms with van der Waals surface area (Å²) >= 11 is 0. The molecule has 4 aromatic heterocycles. The summed E-state index contributed by atoms with van der Waals surface area (Å²) in [6.45, 7) is 0.683. The van der Waals surface area contributed by atoms with Gasteiger partial charge in [0.15, 0.2) is 0 Å². The van der Waals surface area contributed by atoms with Crippen LogP contribution in [0.3, 0.4) is 0 Å². The van der Waals surface area contributed by atoms with Crippen LogP contribution in [-0.2, 0) is 11.8 Å². The van der Waals surface area contributed by atoms with E-state index < -0.39 is 0 Å². The maximum absolute atomic E-state index is 12.6. The highest BCUT2D eigenvalue weighted by Gasteiger charge is 2.13. The number of hydrogen-bond donors (Lipinski definition) is 2. The van der Waals surface area contributed by atoms with Crippen LogP contribution < -0.4 is 10.1 Å². The SMILES string of the molecule is COc1cc(-c2c[nH]c3ncc(-c4cc(NC(=O)/C=C/CN(C)C)cc(-c5cnn(C)c5)c4)cc23)ccn1. The number of aromatic amines is 1. The van der Waals surface area contributed by atoms with E-state index in [1.54, 1.807) is 24.1 Å². The smallest absolute Gasteiger partial charge is 0.248 e. The zero-order chi connectivity index (χ0) is 26.6. The number of H-pyrrole nitrogens is 1. The Labute approximate surface area is 220 Å². The van der Waals surface area contributed by atoms with Gasteiger partial charge in [-0.3, -0.25) is 9.48 Å². The summed E-state index contributed by atoms with van der Waals surface area (Å²) in [4.78, 5) is 26.8. The average Bonchev–Trinajstić information content (AvgIpc) is 3.54. The molecule has 5 aromatic rings. The predicted molar refractivity (Wildman–Crippen MR) is 150 cm³/mol. The number of methoxy groups -OCH3 is 1. The molecule has 5 rings (SSSR count). The molecule has 0 spiro atoms. The number of likely N-dealkylation sites (N-methyl/N-ethyl adjacent to an activating group) is 1. The molecule has 2 N–H and O–H groups in total. The van der Waals surface area contributed by atoms with E-state index in [2.05, 4.69) is 37.5 Å². The zero-order valence-corrected chi connectivity index (χ0v) is 21.8. The minimum atomic E-state index is -0.186. The van der Waals surface area contributed by atoms with Crippen LogP contribution in [0.1, 0.15) is 0 Å². The van der Waals surface area contributed by atoms with Crippen LogP contribution >= 0.6 is 0 Å². The molecule has 0 saturated heterocycles. The molecule has 4 heterocycles. The summed E-state index contributed by atoms with van der Waals surface area (Å²) in [6.07, 6.45) is 12.6. The number of amides is 1. The van der Waals surface area contributed by atoms with Gasteiger partial charge in [0.25, 0.3) is 0 Å². The molecule has 0 aliphatic heterocycles. The third kappa shape index (κ3) is 5.47. The van der Waals surface area contributed by atoms with E-state index in [0.717, 1.165) is 44.4 Å². The van der Waals surface area contributed by atoms with Gasteiger partial charge in [-0.15, -0.1) is 0 Å². The third-order valence-electron chi connectivity index (χ3n) is 6.10. The number of rotatable bonds is 8. The minimum Gasteiger partial charge on any atom is -0.481 e. The molecule has 9 heteroatoms. The van der Waals surface area contributed by atoms with Crippen LogP contribution in [0.4, 0.5) is 5.69 Å². The normalized spacial score (nSPS) is 11.5. The van der Waals surface area contributed by atoms with Crippen LogP contribution in [0, 0.1) is 0 Å². The van der Waals surface area contributed by atoms with Crippen molar-refractivity contribution in [2.24, 2.45) is 7.05 Å². The molecule has 0 radical (unpaired) electrons. The molecular weight excluding hydrogens is 478 g/mol. The van der Waals surface area contributed by atoms with E-state index in [1.807, 2.05) is 81.2 Å². The van der Waals surface area contributed by atoms with E-state index >= 15 is 0 Å². The number of nitrogens with zero attached hydrogens (tertiary/aromatic N) is 5. The lowest BCUT2D eigenvalue weighted by Crippen LogP contribution is -2.13. The van der Waals surface area contributed by atoms with Gasteiger partial charge in [0, 0.05) is 78.3 Å². The second-order valence-electron chi connectivity index (χ2n) is 9.26. The van der Waals surface area contributed by atoms with Crippen molar-refractivity contribution in [1.82, 2.24) is 29.6 Å². The lowest BCUT2D eigenvalue weighted by atomic mass is 9.99. The van der Waals surface area contributed by atoms with Gasteiger partial charge in [0.05, 0.1) is 13.3 Å². The van der Waals surface area contributed by atoms with Crippen LogP contribution in [0.15, 0.2) is 79.5 Å². The number of carbonyl (C=O) groups is 1. The summed E-state index contributed by atoms with van der Waals surface area (Å²) in [6, 6.07) is 11.9. The summed E-state index contributed by atoms with van der Waals surface area (Å²) in [7, 11) is 7.39. The Balaban J connectivity index is 1.56. The molecule has 1 amide bonds. The van der Waals surface area contributed by atoms with Crippen molar-refractivity contribution >= 4 is 22.6 Å². The van der Waals surface area contributed by atoms with Gasteiger partial charge in [-0.25, -0.2) is 9.97 Å². The number of benzene rings is 1. The first-order valence-electron chi connectivity index (χ1n) is 12.1. The molecule has 0 bridgehead atoms. The van der Waals surface area contributed by atoms with Crippen molar-refractivity contribution in [2.45, 2.75) is 0 Å². The van der Waals surface area contributed by atoms with E-state index in [9.17, 15) is 4.79 Å². The monoisotopic (exact) mass is 507 g/mol. The molecule has 0 unspecified atom stereocenters. The van der Waals surface area contributed by atoms with E-state index in [0.29, 0.717) is 18.1 Å². The fraction of sp³-hybridized carbons (Fsp3) is 0.172. The van der Waals surface area contributed by atoms with Crippen molar-refractivity contribution < 1.29 is 9.53 Å². The molecule has 38 heavy (non-hydrogen) atoms. The average molecular weight is 508 g/mol. The summed E-state index contributed by atoms with van der Waals surface area (Å²) < 4.78 is 7.07. The Morgan fingerprint density at radius 2 is 1.87 bits per heavy atom. The van der Waals surface area contributed by atoms with Crippen LogP contribution in [0.5, 0.6) is 5.88 Å². The highest BCUT2D eigenvalue weighted by molar-refractivity contribution is 6.01. The maximum atomic E-state index is 12.6. The Bertz CT molecular complexity index is 1630. The van der Waals surface area contributed by atoms with E-state index in [4.69, 9.17) is 4.74 Å². The highest BCUT2D eigenvalue weighted by atomic mass is 16.5. The summed E-state index contributed by atoms with van der Waals surface area (Å²) in [5, 5.41) is 8.30. The molecule has 9 nitrogen and oxygen atoms in total. The molecule has 0 atom stereocenters. The van der Waals surface area contributed by atoms with Gasteiger partial charge in [-0.2, -0.15) is 5.10 Å². The van der Waals surface area contributed by atoms with Gasteiger partial charge in [0.2, 0.25) is 11.8 Å². The first-order chi connectivity index (χ1) is 18.4. The Kier molecular flexibility index (Phi) is 7.01. The number of hydrogen-bond acceptors (Lipinski definition) is 6. The van der Waals surface area contributed by atoms with Gasteiger partial charge in [-0.1, -0.05) is 6.08 Å². The number of aryl methyl sites for hydroxylation is 1. The van der Waals surface area contributed by atoms with Gasteiger partial charge in [-0.05, 0) is 61.1 Å². The lowest BCUT2D eigenvalue weighted by Gasteiger charge is -2.11. The van der Waals surface area contributed by atoms with Crippen LogP contribution in [0.25, 0.3) is 44.4 Å². The molecule has 0 saturated carbocycles. The highest BCUT2D eigenvalue weighted by Crippen LogP contribution is 2.34. The Hall–Kier alpha value is -4.76. The quantitative estimate of drug-likeness (QED) is 0.294. The molecule has 0 aliphatic carbocycles. The fourth-order valence-electron chi connectivity index (χ4n) is 4.25. The molecule has 1 aromatic carbocycles. The predicted octanol–water partition coefficient (Wildman–Crippen LogP) is 4.76. The van der Waals surface area contributed by atoms with Crippen molar-refractivity contribution in [3.05, 3.63) is 79.5 Å². The first kappa shape index (κ1) is 24.9. The van der Waals surface area contributed by atoms with Gasteiger partial charge in [0.1, 0.15) is 5.65 Å². The van der Waals surface area contributed by atoms with E-state index in [-0.39, 0.29) is 5.91 Å². The number of fused-ring (bicyclic) bond motifs is 1. The Morgan fingerprint density at radius 3 is 2.61 bits per heavy atom. The number of anilines is 1. The topological polar surface area (TPSA) is 101 Å². The van der Waals surface area contributed by atoms with Crippen LogP contribution in [0.2, 0.25) is 0 Å². The van der Waals surface area contributed by atoms with Crippen molar-refractivity contribution in [3.8, 4) is 39.3 Å².